The van der Waals surface area contributed by atoms with Gasteiger partial charge in [0.05, 0.1) is 16.7 Å². The molecule has 1 aromatic heterocycles. The second-order valence-electron chi connectivity index (χ2n) is 8.17. The quantitative estimate of drug-likeness (QED) is 0.277. The first kappa shape index (κ1) is 16.0. The SMILES string of the molecule is c1ccc2c(c1)Cc1c-2cccc1-n1c2ccccc2c2ccc3ccccc3c21. The van der Waals surface area contributed by atoms with Gasteiger partial charge in [-0.2, -0.15) is 0 Å². The van der Waals surface area contributed by atoms with Crippen LogP contribution in [0.15, 0.2) is 103 Å². The monoisotopic (exact) mass is 381 g/mol. The van der Waals surface area contributed by atoms with Crippen LogP contribution >= 0.6 is 0 Å². The van der Waals surface area contributed by atoms with E-state index in [2.05, 4.69) is 108 Å². The molecule has 1 heteroatoms. The molecule has 0 radical (unpaired) electrons. The fourth-order valence-electron chi connectivity index (χ4n) is 5.33. The molecule has 0 atom stereocenters. The molecule has 1 aliphatic rings. The molecule has 0 N–H and O–H groups in total. The summed E-state index contributed by atoms with van der Waals surface area (Å²) in [5, 5.41) is 5.22. The standard InChI is InChI=1S/C29H19N/c1-4-11-22-19(8-1)16-17-25-24-12-5-6-14-27(24)30(29(22)25)28-15-7-13-23-21-10-3-2-9-20(21)18-26(23)28/h1-17H,18H2. The van der Waals surface area contributed by atoms with Gasteiger partial charge in [-0.15, -0.1) is 0 Å². The van der Waals surface area contributed by atoms with Crippen molar-refractivity contribution in [2.24, 2.45) is 0 Å². The first-order valence-electron chi connectivity index (χ1n) is 10.5. The lowest BCUT2D eigenvalue weighted by Gasteiger charge is -2.14. The Morgan fingerprint density at radius 3 is 2.27 bits per heavy atom. The van der Waals surface area contributed by atoms with E-state index in [4.69, 9.17) is 0 Å². The summed E-state index contributed by atoms with van der Waals surface area (Å²) in [6.45, 7) is 0. The molecule has 1 nitrogen and oxygen atoms in total. The van der Waals surface area contributed by atoms with Crippen molar-refractivity contribution in [1.82, 2.24) is 4.57 Å². The van der Waals surface area contributed by atoms with Crippen LogP contribution < -0.4 is 0 Å². The summed E-state index contributed by atoms with van der Waals surface area (Å²) in [6, 6.07) is 37.7. The van der Waals surface area contributed by atoms with Crippen molar-refractivity contribution in [2.75, 3.05) is 0 Å². The predicted molar refractivity (Wildman–Crippen MR) is 127 cm³/mol. The fraction of sp³-hybridized carbons (Fsp3) is 0.0345. The normalized spacial score (nSPS) is 12.5. The second-order valence-corrected chi connectivity index (χ2v) is 8.17. The Morgan fingerprint density at radius 2 is 1.30 bits per heavy atom. The molecule has 0 unspecified atom stereocenters. The highest BCUT2D eigenvalue weighted by Crippen LogP contribution is 2.43. The van der Waals surface area contributed by atoms with Gasteiger partial charge in [0.25, 0.3) is 0 Å². The lowest BCUT2D eigenvalue weighted by atomic mass is 10.0. The van der Waals surface area contributed by atoms with Crippen LogP contribution in [0.1, 0.15) is 11.1 Å². The second kappa shape index (κ2) is 5.84. The van der Waals surface area contributed by atoms with E-state index in [1.165, 1.54) is 60.5 Å². The summed E-state index contributed by atoms with van der Waals surface area (Å²) < 4.78 is 2.50. The molecular weight excluding hydrogens is 362 g/mol. The molecule has 30 heavy (non-hydrogen) atoms. The van der Waals surface area contributed by atoms with Gasteiger partial charge in [-0.25, -0.2) is 0 Å². The van der Waals surface area contributed by atoms with Crippen LogP contribution in [0.3, 0.4) is 0 Å². The zero-order valence-electron chi connectivity index (χ0n) is 16.5. The summed E-state index contributed by atoms with van der Waals surface area (Å²) in [5.41, 5.74) is 9.47. The minimum absolute atomic E-state index is 0.987. The van der Waals surface area contributed by atoms with Crippen molar-refractivity contribution in [3.63, 3.8) is 0 Å². The minimum atomic E-state index is 0.987. The molecule has 0 spiro atoms. The molecule has 0 bridgehead atoms. The maximum atomic E-state index is 2.50. The third-order valence-electron chi connectivity index (χ3n) is 6.63. The molecule has 0 fully saturated rings. The minimum Gasteiger partial charge on any atom is -0.308 e. The Labute approximate surface area is 174 Å². The van der Waals surface area contributed by atoms with Gasteiger partial charge < -0.3 is 4.57 Å². The largest absolute Gasteiger partial charge is 0.308 e. The maximum absolute atomic E-state index is 2.50. The molecular formula is C29H19N. The number of para-hydroxylation sites is 1. The summed E-state index contributed by atoms with van der Waals surface area (Å²) in [7, 11) is 0. The molecule has 5 aromatic carbocycles. The van der Waals surface area contributed by atoms with E-state index in [1.807, 2.05) is 0 Å². The first-order valence-corrected chi connectivity index (χ1v) is 10.5. The molecule has 1 aliphatic carbocycles. The number of nitrogens with zero attached hydrogens (tertiary/aromatic N) is 1. The van der Waals surface area contributed by atoms with E-state index in [1.54, 1.807) is 0 Å². The smallest absolute Gasteiger partial charge is 0.0619 e. The van der Waals surface area contributed by atoms with E-state index in [0.29, 0.717) is 0 Å². The molecule has 0 saturated heterocycles. The summed E-state index contributed by atoms with van der Waals surface area (Å²) in [6.07, 6.45) is 0.987. The van der Waals surface area contributed by atoms with Gasteiger partial charge in [0.2, 0.25) is 0 Å². The van der Waals surface area contributed by atoms with Crippen LogP contribution in [0.25, 0.3) is 49.4 Å². The van der Waals surface area contributed by atoms with Gasteiger partial charge in [0, 0.05) is 22.6 Å². The van der Waals surface area contributed by atoms with Crippen molar-refractivity contribution in [3.8, 4) is 16.8 Å². The number of hydrogen-bond donors (Lipinski definition) is 0. The molecule has 6 aromatic rings. The van der Waals surface area contributed by atoms with Crippen LogP contribution in [-0.2, 0) is 6.42 Å². The van der Waals surface area contributed by atoms with Crippen LogP contribution in [-0.4, -0.2) is 4.57 Å². The zero-order valence-corrected chi connectivity index (χ0v) is 16.5. The summed E-state index contributed by atoms with van der Waals surface area (Å²) in [5.74, 6) is 0. The molecule has 1 heterocycles. The Hall–Kier alpha value is -3.84. The van der Waals surface area contributed by atoms with E-state index in [9.17, 15) is 0 Å². The molecule has 0 saturated carbocycles. The van der Waals surface area contributed by atoms with E-state index < -0.39 is 0 Å². The van der Waals surface area contributed by atoms with Crippen LogP contribution in [0.4, 0.5) is 0 Å². The van der Waals surface area contributed by atoms with Crippen molar-refractivity contribution < 1.29 is 0 Å². The zero-order chi connectivity index (χ0) is 19.7. The highest BCUT2D eigenvalue weighted by molar-refractivity contribution is 6.18. The van der Waals surface area contributed by atoms with Crippen LogP contribution in [0.5, 0.6) is 0 Å². The average molecular weight is 381 g/mol. The van der Waals surface area contributed by atoms with Crippen molar-refractivity contribution in [3.05, 3.63) is 114 Å². The number of benzene rings is 5. The predicted octanol–water partition coefficient (Wildman–Crippen LogP) is 7.51. The van der Waals surface area contributed by atoms with Crippen LogP contribution in [0, 0.1) is 0 Å². The van der Waals surface area contributed by atoms with E-state index in [0.717, 1.165) is 6.42 Å². The lowest BCUT2D eigenvalue weighted by molar-refractivity contribution is 1.12. The van der Waals surface area contributed by atoms with Crippen molar-refractivity contribution in [2.45, 2.75) is 6.42 Å². The third kappa shape index (κ3) is 2.02. The van der Waals surface area contributed by atoms with Gasteiger partial charge in [0.1, 0.15) is 0 Å². The number of rotatable bonds is 1. The summed E-state index contributed by atoms with van der Waals surface area (Å²) in [4.78, 5) is 0. The molecule has 0 aliphatic heterocycles. The highest BCUT2D eigenvalue weighted by Gasteiger charge is 2.23. The average Bonchev–Trinajstić information content (AvgIpc) is 3.35. The van der Waals surface area contributed by atoms with Gasteiger partial charge >= 0.3 is 0 Å². The van der Waals surface area contributed by atoms with E-state index >= 15 is 0 Å². The lowest BCUT2D eigenvalue weighted by Crippen LogP contribution is -1.99. The van der Waals surface area contributed by atoms with Crippen LogP contribution in [0.2, 0.25) is 0 Å². The van der Waals surface area contributed by atoms with Crippen molar-refractivity contribution in [1.29, 1.82) is 0 Å². The third-order valence-corrected chi connectivity index (χ3v) is 6.63. The Kier molecular flexibility index (Phi) is 3.12. The Morgan fingerprint density at radius 1 is 0.533 bits per heavy atom. The molecule has 140 valence electrons. The molecule has 0 amide bonds. The number of aromatic nitrogens is 1. The molecule has 7 rings (SSSR count). The van der Waals surface area contributed by atoms with Gasteiger partial charge in [-0.1, -0.05) is 91.0 Å². The van der Waals surface area contributed by atoms with E-state index in [-0.39, 0.29) is 0 Å². The van der Waals surface area contributed by atoms with Gasteiger partial charge in [-0.05, 0) is 39.8 Å². The van der Waals surface area contributed by atoms with Gasteiger partial charge in [-0.3, -0.25) is 0 Å². The van der Waals surface area contributed by atoms with Gasteiger partial charge in [0.15, 0.2) is 0 Å². The fourth-order valence-corrected chi connectivity index (χ4v) is 5.33. The summed E-state index contributed by atoms with van der Waals surface area (Å²) >= 11 is 0. The Bertz CT molecular complexity index is 1620. The topological polar surface area (TPSA) is 4.93 Å². The Balaban J connectivity index is 1.67. The highest BCUT2D eigenvalue weighted by atomic mass is 15.0. The number of fused-ring (bicyclic) bond motifs is 8. The first-order chi connectivity index (χ1) is 14.9. The number of hydrogen-bond acceptors (Lipinski definition) is 0. The van der Waals surface area contributed by atoms with Crippen molar-refractivity contribution >= 4 is 32.6 Å². The maximum Gasteiger partial charge on any atom is 0.0619 e.